The first kappa shape index (κ1) is 19.1. The molecule has 1 aromatic rings. The van der Waals surface area contributed by atoms with Crippen molar-refractivity contribution in [3.63, 3.8) is 0 Å². The van der Waals surface area contributed by atoms with Gasteiger partial charge in [-0.25, -0.2) is 4.79 Å². The number of carboxylic acid groups (broad SMARTS) is 1. The predicted octanol–water partition coefficient (Wildman–Crippen LogP) is 1.73. The zero-order valence-electron chi connectivity index (χ0n) is 14.8. The number of methoxy groups -OCH3 is 3. The molecule has 1 amide bonds. The van der Waals surface area contributed by atoms with Crippen molar-refractivity contribution in [2.24, 2.45) is 0 Å². The molecule has 7 nitrogen and oxygen atoms in total. The number of benzene rings is 1. The number of carbonyl (C=O) groups excluding carboxylic acids is 1. The maximum atomic E-state index is 13.0. The molecule has 1 aliphatic carbocycles. The van der Waals surface area contributed by atoms with Gasteiger partial charge in [0.25, 0.3) is 0 Å². The summed E-state index contributed by atoms with van der Waals surface area (Å²) in [6, 6.07) is 4.34. The average molecular weight is 351 g/mol. The Labute approximate surface area is 147 Å². The molecule has 0 radical (unpaired) electrons. The first-order valence-corrected chi connectivity index (χ1v) is 8.23. The smallest absolute Gasteiger partial charge is 0.328 e. The van der Waals surface area contributed by atoms with E-state index in [1.165, 1.54) is 7.11 Å². The molecule has 2 rings (SSSR count). The Morgan fingerprint density at radius 3 is 2.32 bits per heavy atom. The molecule has 1 unspecified atom stereocenters. The van der Waals surface area contributed by atoms with E-state index in [1.54, 1.807) is 26.4 Å². The van der Waals surface area contributed by atoms with Crippen LogP contribution in [-0.4, -0.2) is 51.0 Å². The molecule has 0 aliphatic heterocycles. The molecule has 0 spiro atoms. The highest BCUT2D eigenvalue weighted by Crippen LogP contribution is 2.44. The second kappa shape index (κ2) is 8.20. The summed E-state index contributed by atoms with van der Waals surface area (Å²) in [7, 11) is 4.50. The van der Waals surface area contributed by atoms with E-state index in [0.29, 0.717) is 24.3 Å². The lowest BCUT2D eigenvalue weighted by molar-refractivity contribution is -0.144. The van der Waals surface area contributed by atoms with Crippen molar-refractivity contribution in [3.05, 3.63) is 23.8 Å². The molecule has 1 aromatic carbocycles. The van der Waals surface area contributed by atoms with E-state index < -0.39 is 17.4 Å². The molecule has 0 heterocycles. The van der Waals surface area contributed by atoms with Crippen LogP contribution in [0.1, 0.15) is 31.2 Å². The number of carboxylic acids is 1. The lowest BCUT2D eigenvalue weighted by Gasteiger charge is -2.30. The molecule has 138 valence electrons. The van der Waals surface area contributed by atoms with E-state index in [2.05, 4.69) is 5.32 Å². The number of amides is 1. The van der Waals surface area contributed by atoms with Crippen molar-refractivity contribution in [2.45, 2.75) is 37.1 Å². The second-order valence-electron chi connectivity index (χ2n) is 6.18. The van der Waals surface area contributed by atoms with Gasteiger partial charge in [0.05, 0.1) is 26.2 Å². The highest BCUT2D eigenvalue weighted by Gasteiger charge is 2.44. The molecule has 1 aliphatic rings. The topological polar surface area (TPSA) is 94.1 Å². The molecule has 2 N–H and O–H groups in total. The van der Waals surface area contributed by atoms with Crippen LogP contribution in [0.5, 0.6) is 11.5 Å². The summed E-state index contributed by atoms with van der Waals surface area (Å²) in [6.07, 6.45) is 3.13. The molecule has 0 saturated heterocycles. The minimum absolute atomic E-state index is 0.0803. The standard InChI is InChI=1S/C18H25NO6/c1-23-11-13(16(20)21)19-17(22)18(8-4-5-9-18)12-6-7-14(24-2)15(10-12)25-3/h6-7,10,13H,4-5,8-9,11H2,1-3H3,(H,19,22)(H,20,21). The lowest BCUT2D eigenvalue weighted by Crippen LogP contribution is -2.51. The van der Waals surface area contributed by atoms with E-state index in [4.69, 9.17) is 14.2 Å². The van der Waals surface area contributed by atoms with E-state index in [1.807, 2.05) is 6.07 Å². The molecule has 25 heavy (non-hydrogen) atoms. The first-order chi connectivity index (χ1) is 12.0. The van der Waals surface area contributed by atoms with Crippen molar-refractivity contribution >= 4 is 11.9 Å². The molecule has 0 bridgehead atoms. The van der Waals surface area contributed by atoms with Crippen LogP contribution in [0.15, 0.2) is 18.2 Å². The van der Waals surface area contributed by atoms with Gasteiger partial charge in [0.15, 0.2) is 17.5 Å². The minimum atomic E-state index is -1.12. The fourth-order valence-electron chi connectivity index (χ4n) is 3.40. The summed E-state index contributed by atoms with van der Waals surface area (Å²) in [5.74, 6) is -0.273. The van der Waals surface area contributed by atoms with Crippen LogP contribution in [0.25, 0.3) is 0 Å². The Morgan fingerprint density at radius 1 is 1.16 bits per heavy atom. The number of hydrogen-bond acceptors (Lipinski definition) is 5. The van der Waals surface area contributed by atoms with Crippen molar-refractivity contribution in [1.82, 2.24) is 5.32 Å². The van der Waals surface area contributed by atoms with Gasteiger partial charge in [0, 0.05) is 7.11 Å². The Hall–Kier alpha value is -2.28. The van der Waals surface area contributed by atoms with Gasteiger partial charge in [0.2, 0.25) is 5.91 Å². The summed E-state index contributed by atoms with van der Waals surface area (Å²) in [6.45, 7) is -0.0803. The van der Waals surface area contributed by atoms with Crippen molar-refractivity contribution in [1.29, 1.82) is 0 Å². The summed E-state index contributed by atoms with van der Waals surface area (Å²) >= 11 is 0. The van der Waals surface area contributed by atoms with Gasteiger partial charge < -0.3 is 24.6 Å². The highest BCUT2D eigenvalue weighted by atomic mass is 16.5. The van der Waals surface area contributed by atoms with Gasteiger partial charge in [-0.2, -0.15) is 0 Å². The number of aliphatic carboxylic acids is 1. The summed E-state index contributed by atoms with van der Waals surface area (Å²) in [5, 5.41) is 11.9. The number of carbonyl (C=O) groups is 2. The van der Waals surface area contributed by atoms with Gasteiger partial charge in [-0.15, -0.1) is 0 Å². The number of nitrogens with one attached hydrogen (secondary N) is 1. The fraction of sp³-hybridized carbons (Fsp3) is 0.556. The zero-order valence-corrected chi connectivity index (χ0v) is 14.8. The first-order valence-electron chi connectivity index (χ1n) is 8.23. The summed E-state index contributed by atoms with van der Waals surface area (Å²) in [5.41, 5.74) is 0.0442. The van der Waals surface area contributed by atoms with E-state index in [9.17, 15) is 14.7 Å². The highest BCUT2D eigenvalue weighted by molar-refractivity contribution is 5.92. The van der Waals surface area contributed by atoms with E-state index >= 15 is 0 Å². The van der Waals surface area contributed by atoms with Crippen LogP contribution in [0.2, 0.25) is 0 Å². The lowest BCUT2D eigenvalue weighted by atomic mass is 9.77. The molecule has 0 aromatic heterocycles. The Bertz CT molecular complexity index is 624. The van der Waals surface area contributed by atoms with Crippen LogP contribution < -0.4 is 14.8 Å². The Kier molecular flexibility index (Phi) is 6.25. The molecule has 1 atom stereocenters. The Morgan fingerprint density at radius 2 is 1.80 bits per heavy atom. The third-order valence-corrected chi connectivity index (χ3v) is 4.76. The SMILES string of the molecule is COCC(NC(=O)C1(c2ccc(OC)c(OC)c2)CCCC1)C(=O)O. The third-order valence-electron chi connectivity index (χ3n) is 4.76. The third kappa shape index (κ3) is 3.87. The van der Waals surface area contributed by atoms with Crippen molar-refractivity contribution in [2.75, 3.05) is 27.9 Å². The van der Waals surface area contributed by atoms with Crippen LogP contribution in [0.4, 0.5) is 0 Å². The van der Waals surface area contributed by atoms with Crippen LogP contribution >= 0.6 is 0 Å². The zero-order chi connectivity index (χ0) is 18.4. The molecule has 1 saturated carbocycles. The Balaban J connectivity index is 2.35. The van der Waals surface area contributed by atoms with Gasteiger partial charge in [-0.05, 0) is 30.5 Å². The number of hydrogen-bond donors (Lipinski definition) is 2. The van der Waals surface area contributed by atoms with Crippen LogP contribution in [-0.2, 0) is 19.7 Å². The largest absolute Gasteiger partial charge is 0.493 e. The maximum absolute atomic E-state index is 13.0. The van der Waals surface area contributed by atoms with Crippen molar-refractivity contribution in [3.8, 4) is 11.5 Å². The van der Waals surface area contributed by atoms with Crippen LogP contribution in [0, 0.1) is 0 Å². The number of ether oxygens (including phenoxy) is 3. The normalized spacial score (nSPS) is 16.9. The second-order valence-corrected chi connectivity index (χ2v) is 6.18. The fourth-order valence-corrected chi connectivity index (χ4v) is 3.40. The molecular formula is C18H25NO6. The number of rotatable bonds is 8. The van der Waals surface area contributed by atoms with Gasteiger partial charge in [-0.3, -0.25) is 4.79 Å². The predicted molar refractivity (Wildman–Crippen MR) is 91.1 cm³/mol. The van der Waals surface area contributed by atoms with Crippen molar-refractivity contribution < 1.29 is 28.9 Å². The van der Waals surface area contributed by atoms with Crippen LogP contribution in [0.3, 0.4) is 0 Å². The molecule has 1 fully saturated rings. The molecular weight excluding hydrogens is 326 g/mol. The van der Waals surface area contributed by atoms with Gasteiger partial charge in [0.1, 0.15) is 0 Å². The maximum Gasteiger partial charge on any atom is 0.328 e. The van der Waals surface area contributed by atoms with E-state index in [-0.39, 0.29) is 12.5 Å². The quantitative estimate of drug-likeness (QED) is 0.741. The van der Waals surface area contributed by atoms with E-state index in [0.717, 1.165) is 18.4 Å². The summed E-state index contributed by atoms with van der Waals surface area (Å²) in [4.78, 5) is 24.3. The minimum Gasteiger partial charge on any atom is -0.493 e. The van der Waals surface area contributed by atoms with Gasteiger partial charge in [-0.1, -0.05) is 18.9 Å². The summed E-state index contributed by atoms with van der Waals surface area (Å²) < 4.78 is 15.5. The monoisotopic (exact) mass is 351 g/mol. The molecule has 7 heteroatoms. The van der Waals surface area contributed by atoms with Gasteiger partial charge >= 0.3 is 5.97 Å². The average Bonchev–Trinajstić information content (AvgIpc) is 3.11.